The molecule has 1 heterocycles. The molecule has 3 aromatic rings. The molecule has 0 bridgehead atoms. The van der Waals surface area contributed by atoms with Gasteiger partial charge in [-0.25, -0.2) is 0 Å². The van der Waals surface area contributed by atoms with Crippen molar-refractivity contribution in [3.8, 4) is 0 Å². The van der Waals surface area contributed by atoms with Crippen LogP contribution in [0.5, 0.6) is 0 Å². The zero-order valence-corrected chi connectivity index (χ0v) is 21.2. The van der Waals surface area contributed by atoms with E-state index in [2.05, 4.69) is 72.1 Å². The van der Waals surface area contributed by atoms with E-state index in [1.54, 1.807) is 23.9 Å². The molecular weight excluding hydrogens is 462 g/mol. The van der Waals surface area contributed by atoms with Crippen LogP contribution in [0.1, 0.15) is 27.8 Å². The Hall–Kier alpha value is -2.90. The van der Waals surface area contributed by atoms with Gasteiger partial charge in [0.15, 0.2) is 0 Å². The quantitative estimate of drug-likeness (QED) is 0.153. The summed E-state index contributed by atoms with van der Waals surface area (Å²) in [5, 5.41) is 14.7. The van der Waals surface area contributed by atoms with Gasteiger partial charge in [-0.2, -0.15) is 12.6 Å². The van der Waals surface area contributed by atoms with Gasteiger partial charge in [0.05, 0.1) is 4.92 Å². The fourth-order valence-electron chi connectivity index (χ4n) is 4.58. The highest BCUT2D eigenvalue weighted by molar-refractivity contribution is 7.98. The van der Waals surface area contributed by atoms with Crippen LogP contribution in [0.3, 0.4) is 0 Å². The van der Waals surface area contributed by atoms with E-state index in [0.29, 0.717) is 5.75 Å². The second kappa shape index (κ2) is 10.6. The number of aryl methyl sites for hydroxylation is 2. The number of nitrogens with one attached hydrogen (secondary N) is 1. The summed E-state index contributed by atoms with van der Waals surface area (Å²) < 4.78 is 0. The first-order valence-corrected chi connectivity index (χ1v) is 13.1. The van der Waals surface area contributed by atoms with Gasteiger partial charge >= 0.3 is 0 Å². The molecule has 176 valence electrons. The van der Waals surface area contributed by atoms with Crippen LogP contribution in [-0.4, -0.2) is 24.8 Å². The van der Waals surface area contributed by atoms with Crippen LogP contribution in [0, 0.1) is 10.1 Å². The number of non-ortho nitro benzene ring substituents is 1. The van der Waals surface area contributed by atoms with Gasteiger partial charge in [0.2, 0.25) is 0 Å². The van der Waals surface area contributed by atoms with Gasteiger partial charge < -0.3 is 10.2 Å². The third-order valence-electron chi connectivity index (χ3n) is 6.33. The Morgan fingerprint density at radius 1 is 1.18 bits per heavy atom. The van der Waals surface area contributed by atoms with Crippen molar-refractivity contribution in [2.24, 2.45) is 0 Å². The Morgan fingerprint density at radius 2 is 1.94 bits per heavy atom. The molecule has 0 saturated heterocycles. The number of thioether (sulfide) groups is 1. The number of benzene rings is 3. The molecule has 0 aromatic heterocycles. The van der Waals surface area contributed by atoms with Gasteiger partial charge in [0.1, 0.15) is 0 Å². The maximum absolute atomic E-state index is 11.3. The number of nitro groups is 1. The molecule has 4 rings (SSSR count). The van der Waals surface area contributed by atoms with Crippen molar-refractivity contribution >= 4 is 47.1 Å². The molecule has 0 aliphatic carbocycles. The van der Waals surface area contributed by atoms with Crippen molar-refractivity contribution in [3.05, 3.63) is 99.1 Å². The van der Waals surface area contributed by atoms with Gasteiger partial charge in [0, 0.05) is 59.0 Å². The fourth-order valence-corrected chi connectivity index (χ4v) is 5.42. The van der Waals surface area contributed by atoms with E-state index >= 15 is 0 Å². The number of hydrogen-bond acceptors (Lipinski definition) is 6. The molecule has 34 heavy (non-hydrogen) atoms. The summed E-state index contributed by atoms with van der Waals surface area (Å²) in [6.07, 6.45) is 4.62. The average molecular weight is 492 g/mol. The largest absolute Gasteiger partial charge is 0.388 e. The lowest BCUT2D eigenvalue weighted by Crippen LogP contribution is -2.19. The number of nitro benzene ring substituents is 1. The van der Waals surface area contributed by atoms with Crippen LogP contribution in [0.2, 0.25) is 0 Å². The number of nitrogens with zero attached hydrogens (tertiary/aromatic N) is 2. The van der Waals surface area contributed by atoms with Crippen LogP contribution in [0.4, 0.5) is 17.1 Å². The first-order valence-electron chi connectivity index (χ1n) is 11.3. The number of anilines is 2. The third-order valence-corrected chi connectivity index (χ3v) is 7.51. The third kappa shape index (κ3) is 4.95. The molecule has 0 fully saturated rings. The van der Waals surface area contributed by atoms with Crippen molar-refractivity contribution in [1.29, 1.82) is 0 Å². The summed E-state index contributed by atoms with van der Waals surface area (Å²) in [5.41, 5.74) is 8.88. The first-order chi connectivity index (χ1) is 16.4. The minimum absolute atomic E-state index is 0.125. The zero-order chi connectivity index (χ0) is 24.2. The maximum Gasteiger partial charge on any atom is 0.270 e. The Labute approximate surface area is 210 Å². The van der Waals surface area contributed by atoms with Crippen molar-refractivity contribution in [2.45, 2.75) is 29.9 Å². The summed E-state index contributed by atoms with van der Waals surface area (Å²) >= 11 is 6.02. The van der Waals surface area contributed by atoms with E-state index in [1.165, 1.54) is 21.7 Å². The first kappa shape index (κ1) is 24.2. The number of thiol groups is 1. The monoisotopic (exact) mass is 491 g/mol. The summed E-state index contributed by atoms with van der Waals surface area (Å²) in [6, 6.07) is 18.2. The Balaban J connectivity index is 1.62. The predicted molar refractivity (Wildman–Crippen MR) is 147 cm³/mol. The number of hydrogen-bond donors (Lipinski definition) is 2. The predicted octanol–water partition coefficient (Wildman–Crippen LogP) is 6.61. The normalized spacial score (nSPS) is 12.5. The molecule has 0 radical (unpaired) electrons. The molecule has 0 atom stereocenters. The summed E-state index contributed by atoms with van der Waals surface area (Å²) in [5.74, 6) is 0.477. The zero-order valence-electron chi connectivity index (χ0n) is 19.5. The van der Waals surface area contributed by atoms with E-state index in [4.69, 9.17) is 0 Å². The molecule has 0 spiro atoms. The molecule has 5 nitrogen and oxygen atoms in total. The lowest BCUT2D eigenvalue weighted by atomic mass is 9.99. The van der Waals surface area contributed by atoms with E-state index < -0.39 is 0 Å². The Bertz CT molecular complexity index is 1240. The van der Waals surface area contributed by atoms with Gasteiger partial charge in [-0.3, -0.25) is 10.1 Å². The molecule has 0 saturated carbocycles. The van der Waals surface area contributed by atoms with Crippen molar-refractivity contribution in [2.75, 3.05) is 30.1 Å². The van der Waals surface area contributed by atoms with Crippen LogP contribution < -0.4 is 10.2 Å². The SMILES string of the molecule is C=C(c1cc(SC)c(CCc2cc(CS)cc([N+](=O)[O-])c2)cc1NC)N1CCc2ccccc21. The van der Waals surface area contributed by atoms with Crippen LogP contribution in [0.25, 0.3) is 5.70 Å². The molecule has 1 N–H and O–H groups in total. The average Bonchev–Trinajstić information content (AvgIpc) is 3.30. The standard InChI is InChI=1S/C27H29N3O2S2/c1-18(29-11-10-21-6-4-5-7-26(21)29)24-16-27(34-3)22(15-25(24)28-2)9-8-19-12-20(17-33)14-23(13-19)30(31)32/h4-7,12-16,28,33H,1,8-11,17H2,2-3H3. The number of rotatable bonds is 9. The molecule has 0 amide bonds. The second-order valence-electron chi connectivity index (χ2n) is 8.36. The minimum atomic E-state index is -0.334. The number of fused-ring (bicyclic) bond motifs is 1. The smallest absolute Gasteiger partial charge is 0.270 e. The number of para-hydroxylation sites is 1. The summed E-state index contributed by atoms with van der Waals surface area (Å²) in [7, 11) is 1.94. The molecular formula is C27H29N3O2S2. The van der Waals surface area contributed by atoms with Crippen LogP contribution in [-0.2, 0) is 25.0 Å². The highest BCUT2D eigenvalue weighted by Crippen LogP contribution is 2.38. The molecule has 0 unspecified atom stereocenters. The van der Waals surface area contributed by atoms with Crippen molar-refractivity contribution in [3.63, 3.8) is 0 Å². The highest BCUT2D eigenvalue weighted by atomic mass is 32.2. The highest BCUT2D eigenvalue weighted by Gasteiger charge is 2.23. The van der Waals surface area contributed by atoms with E-state index in [1.807, 2.05) is 13.1 Å². The molecule has 7 heteroatoms. The molecule has 3 aromatic carbocycles. The second-order valence-corrected chi connectivity index (χ2v) is 9.52. The van der Waals surface area contributed by atoms with Crippen molar-refractivity contribution < 1.29 is 4.92 Å². The van der Waals surface area contributed by atoms with E-state index in [9.17, 15) is 10.1 Å². The maximum atomic E-state index is 11.3. The van der Waals surface area contributed by atoms with Gasteiger partial charge in [-0.15, -0.1) is 11.8 Å². The van der Waals surface area contributed by atoms with Crippen LogP contribution >= 0.6 is 24.4 Å². The lowest BCUT2D eigenvalue weighted by molar-refractivity contribution is -0.385. The van der Waals surface area contributed by atoms with E-state index in [-0.39, 0.29) is 10.6 Å². The topological polar surface area (TPSA) is 58.4 Å². The molecule has 1 aliphatic heterocycles. The molecule has 1 aliphatic rings. The van der Waals surface area contributed by atoms with Crippen molar-refractivity contribution in [1.82, 2.24) is 0 Å². The van der Waals surface area contributed by atoms with E-state index in [0.717, 1.165) is 53.9 Å². The summed E-state index contributed by atoms with van der Waals surface area (Å²) in [4.78, 5) is 14.5. The minimum Gasteiger partial charge on any atom is -0.388 e. The Morgan fingerprint density at radius 3 is 2.65 bits per heavy atom. The van der Waals surface area contributed by atoms with Crippen LogP contribution in [0.15, 0.2) is 66.1 Å². The van der Waals surface area contributed by atoms with Gasteiger partial charge in [-0.05, 0) is 66.0 Å². The van der Waals surface area contributed by atoms with Gasteiger partial charge in [0.25, 0.3) is 5.69 Å². The lowest BCUT2D eigenvalue weighted by Gasteiger charge is -2.25. The van der Waals surface area contributed by atoms with Gasteiger partial charge in [-0.1, -0.05) is 30.8 Å². The fraction of sp³-hybridized carbons (Fsp3) is 0.259. The Kier molecular flexibility index (Phi) is 7.54. The summed E-state index contributed by atoms with van der Waals surface area (Å²) in [6.45, 7) is 5.39.